The highest BCUT2D eigenvalue weighted by molar-refractivity contribution is 6.01. The molecule has 3 N–H and O–H groups in total. The maximum atomic E-state index is 12.2. The fourth-order valence-corrected chi connectivity index (χ4v) is 2.61. The largest absolute Gasteiger partial charge is 0.478 e. The zero-order valence-corrected chi connectivity index (χ0v) is 12.9. The highest BCUT2D eigenvalue weighted by Crippen LogP contribution is 2.16. The van der Waals surface area contributed by atoms with Crippen LogP contribution in [0.4, 0.5) is 0 Å². The lowest BCUT2D eigenvalue weighted by molar-refractivity contribution is 0.0696. The fraction of sp³-hybridized carbons (Fsp3) is 0.438. The molecule has 1 heterocycles. The predicted molar refractivity (Wildman–Crippen MR) is 82.9 cm³/mol. The summed E-state index contributed by atoms with van der Waals surface area (Å²) < 4.78 is 0. The van der Waals surface area contributed by atoms with E-state index in [2.05, 4.69) is 17.3 Å². The van der Waals surface area contributed by atoms with E-state index in [4.69, 9.17) is 10.2 Å². The molecule has 0 aromatic heterocycles. The van der Waals surface area contributed by atoms with Crippen molar-refractivity contribution in [1.29, 1.82) is 0 Å². The maximum absolute atomic E-state index is 12.2. The molecule has 0 radical (unpaired) electrons. The standard InChI is InChI=1S/C16H20N2O5/c1-18-4-2-10(3-5-18)9-17-14(19)11-6-12(15(20)21)8-13(7-11)16(22)23/h6-8,10H,2-5,9H2,1H3,(H,17,19)(H,20,21)(H,22,23). The summed E-state index contributed by atoms with van der Waals surface area (Å²) in [7, 11) is 2.06. The van der Waals surface area contributed by atoms with Gasteiger partial charge in [-0.05, 0) is 57.1 Å². The molecule has 0 atom stereocenters. The van der Waals surface area contributed by atoms with Crippen molar-refractivity contribution in [3.05, 3.63) is 34.9 Å². The van der Waals surface area contributed by atoms with Crippen LogP contribution in [0, 0.1) is 5.92 Å². The van der Waals surface area contributed by atoms with Gasteiger partial charge in [0.2, 0.25) is 0 Å². The molecule has 23 heavy (non-hydrogen) atoms. The summed E-state index contributed by atoms with van der Waals surface area (Å²) in [5.41, 5.74) is -0.376. The molecule has 0 unspecified atom stereocenters. The third-order valence-electron chi connectivity index (χ3n) is 4.08. The molecular weight excluding hydrogens is 300 g/mol. The molecule has 0 bridgehead atoms. The average molecular weight is 320 g/mol. The second-order valence-electron chi connectivity index (χ2n) is 5.87. The lowest BCUT2D eigenvalue weighted by Crippen LogP contribution is -2.37. The molecular formula is C16H20N2O5. The highest BCUT2D eigenvalue weighted by atomic mass is 16.4. The molecule has 7 heteroatoms. The number of hydrogen-bond acceptors (Lipinski definition) is 4. The Hall–Kier alpha value is -2.41. The van der Waals surface area contributed by atoms with E-state index >= 15 is 0 Å². The van der Waals surface area contributed by atoms with Crippen LogP contribution in [-0.4, -0.2) is 59.6 Å². The van der Waals surface area contributed by atoms with E-state index in [-0.39, 0.29) is 16.7 Å². The third-order valence-corrected chi connectivity index (χ3v) is 4.08. The first kappa shape index (κ1) is 17.0. The number of piperidine rings is 1. The van der Waals surface area contributed by atoms with Gasteiger partial charge in [-0.1, -0.05) is 0 Å². The monoisotopic (exact) mass is 320 g/mol. The van der Waals surface area contributed by atoms with E-state index in [0.29, 0.717) is 12.5 Å². The Morgan fingerprint density at radius 2 is 1.52 bits per heavy atom. The van der Waals surface area contributed by atoms with Crippen molar-refractivity contribution in [3.8, 4) is 0 Å². The van der Waals surface area contributed by atoms with Gasteiger partial charge in [0.05, 0.1) is 11.1 Å². The van der Waals surface area contributed by atoms with Gasteiger partial charge in [-0.2, -0.15) is 0 Å². The summed E-state index contributed by atoms with van der Waals surface area (Å²) in [6, 6.07) is 3.43. The number of carboxylic acids is 2. The first-order valence-electron chi connectivity index (χ1n) is 7.45. The third kappa shape index (κ3) is 4.53. The van der Waals surface area contributed by atoms with Gasteiger partial charge in [-0.15, -0.1) is 0 Å². The number of carboxylic acid groups (broad SMARTS) is 2. The second kappa shape index (κ2) is 7.23. The van der Waals surface area contributed by atoms with Crippen molar-refractivity contribution in [1.82, 2.24) is 10.2 Å². The summed E-state index contributed by atoms with van der Waals surface area (Å²) in [6.45, 7) is 2.47. The first-order chi connectivity index (χ1) is 10.9. The molecule has 2 rings (SSSR count). The predicted octanol–water partition coefficient (Wildman–Crippen LogP) is 1.15. The van der Waals surface area contributed by atoms with Crippen molar-refractivity contribution >= 4 is 17.8 Å². The van der Waals surface area contributed by atoms with Crippen LogP contribution in [0.2, 0.25) is 0 Å². The molecule has 1 aliphatic heterocycles. The molecule has 7 nitrogen and oxygen atoms in total. The van der Waals surface area contributed by atoms with Crippen LogP contribution in [0.1, 0.15) is 43.9 Å². The van der Waals surface area contributed by atoms with Gasteiger partial charge >= 0.3 is 11.9 Å². The Morgan fingerprint density at radius 1 is 1.04 bits per heavy atom. The van der Waals surface area contributed by atoms with E-state index in [0.717, 1.165) is 32.0 Å². The minimum absolute atomic E-state index is 0.0511. The summed E-state index contributed by atoms with van der Waals surface area (Å²) in [4.78, 5) is 36.5. The van der Waals surface area contributed by atoms with Crippen molar-refractivity contribution < 1.29 is 24.6 Å². The number of benzene rings is 1. The molecule has 1 aliphatic rings. The van der Waals surface area contributed by atoms with Crippen molar-refractivity contribution in [2.45, 2.75) is 12.8 Å². The minimum Gasteiger partial charge on any atom is -0.478 e. The number of hydrogen-bond donors (Lipinski definition) is 3. The van der Waals surface area contributed by atoms with Crippen molar-refractivity contribution in [2.24, 2.45) is 5.92 Å². The Morgan fingerprint density at radius 3 is 2.00 bits per heavy atom. The Kier molecular flexibility index (Phi) is 5.33. The number of nitrogens with one attached hydrogen (secondary N) is 1. The maximum Gasteiger partial charge on any atom is 0.335 e. The van der Waals surface area contributed by atoms with Gasteiger partial charge in [-0.25, -0.2) is 9.59 Å². The van der Waals surface area contributed by atoms with Crippen LogP contribution in [-0.2, 0) is 0 Å². The summed E-state index contributed by atoms with van der Waals surface area (Å²) in [5, 5.41) is 20.8. The van der Waals surface area contributed by atoms with E-state index in [1.165, 1.54) is 12.1 Å². The Bertz CT molecular complexity index is 589. The number of nitrogens with zero attached hydrogens (tertiary/aromatic N) is 1. The molecule has 1 fully saturated rings. The molecule has 0 aliphatic carbocycles. The van der Waals surface area contributed by atoms with Crippen LogP contribution >= 0.6 is 0 Å². The van der Waals surface area contributed by atoms with Gasteiger partial charge in [0, 0.05) is 12.1 Å². The normalized spacial score (nSPS) is 16.0. The number of rotatable bonds is 5. The van der Waals surface area contributed by atoms with Gasteiger partial charge < -0.3 is 20.4 Å². The molecule has 1 aromatic rings. The quantitative estimate of drug-likeness (QED) is 0.751. The fourth-order valence-electron chi connectivity index (χ4n) is 2.61. The summed E-state index contributed by atoms with van der Waals surface area (Å²) in [6.07, 6.45) is 1.98. The minimum atomic E-state index is -1.27. The SMILES string of the molecule is CN1CCC(CNC(=O)c2cc(C(=O)O)cc(C(=O)O)c2)CC1. The molecule has 124 valence electrons. The number of likely N-dealkylation sites (tertiary alicyclic amines) is 1. The van der Waals surface area contributed by atoms with E-state index in [1.54, 1.807) is 0 Å². The zero-order chi connectivity index (χ0) is 17.0. The number of carbonyl (C=O) groups is 3. The topological polar surface area (TPSA) is 107 Å². The van der Waals surface area contributed by atoms with Gasteiger partial charge in [0.1, 0.15) is 0 Å². The van der Waals surface area contributed by atoms with Crippen LogP contribution in [0.5, 0.6) is 0 Å². The molecule has 0 spiro atoms. The molecule has 1 saturated heterocycles. The lowest BCUT2D eigenvalue weighted by Gasteiger charge is -2.28. The van der Waals surface area contributed by atoms with E-state index < -0.39 is 17.8 Å². The smallest absolute Gasteiger partial charge is 0.335 e. The lowest BCUT2D eigenvalue weighted by atomic mass is 9.97. The van der Waals surface area contributed by atoms with Gasteiger partial charge in [0.15, 0.2) is 0 Å². The van der Waals surface area contributed by atoms with E-state index in [9.17, 15) is 14.4 Å². The summed E-state index contributed by atoms with van der Waals surface area (Å²) in [5.74, 6) is -2.60. The number of aromatic carboxylic acids is 2. The van der Waals surface area contributed by atoms with Gasteiger partial charge in [0.25, 0.3) is 5.91 Å². The Labute approximate surface area is 133 Å². The molecule has 0 saturated carbocycles. The van der Waals surface area contributed by atoms with Crippen molar-refractivity contribution in [2.75, 3.05) is 26.7 Å². The van der Waals surface area contributed by atoms with Crippen LogP contribution in [0.15, 0.2) is 18.2 Å². The van der Waals surface area contributed by atoms with Crippen LogP contribution in [0.3, 0.4) is 0 Å². The van der Waals surface area contributed by atoms with Crippen molar-refractivity contribution in [3.63, 3.8) is 0 Å². The highest BCUT2D eigenvalue weighted by Gasteiger charge is 2.19. The average Bonchev–Trinajstić information content (AvgIpc) is 2.53. The zero-order valence-electron chi connectivity index (χ0n) is 12.9. The van der Waals surface area contributed by atoms with Crippen LogP contribution in [0.25, 0.3) is 0 Å². The molecule has 1 amide bonds. The Balaban J connectivity index is 2.06. The number of amides is 1. The van der Waals surface area contributed by atoms with Crippen LogP contribution < -0.4 is 5.32 Å². The first-order valence-corrected chi connectivity index (χ1v) is 7.45. The summed E-state index contributed by atoms with van der Waals surface area (Å²) >= 11 is 0. The molecule has 1 aromatic carbocycles. The number of carbonyl (C=O) groups excluding carboxylic acids is 1. The second-order valence-corrected chi connectivity index (χ2v) is 5.87. The van der Waals surface area contributed by atoms with E-state index in [1.807, 2.05) is 0 Å². The van der Waals surface area contributed by atoms with Gasteiger partial charge in [-0.3, -0.25) is 4.79 Å².